The van der Waals surface area contributed by atoms with E-state index < -0.39 is 10.0 Å². The number of hydrogen-bond donors (Lipinski definition) is 1. The number of ether oxygens (including phenoxy) is 3. The zero-order valence-corrected chi connectivity index (χ0v) is 13.4. The molecule has 122 valence electrons. The fourth-order valence-electron chi connectivity index (χ4n) is 2.11. The van der Waals surface area contributed by atoms with Crippen molar-refractivity contribution in [1.29, 1.82) is 0 Å². The van der Waals surface area contributed by atoms with Crippen molar-refractivity contribution < 1.29 is 22.6 Å². The van der Waals surface area contributed by atoms with Crippen LogP contribution in [-0.2, 0) is 10.0 Å². The van der Waals surface area contributed by atoms with Crippen LogP contribution < -0.4 is 18.9 Å². The summed E-state index contributed by atoms with van der Waals surface area (Å²) in [6.45, 7) is 2.49. The van der Waals surface area contributed by atoms with E-state index in [-0.39, 0.29) is 24.8 Å². The van der Waals surface area contributed by atoms with Crippen molar-refractivity contribution in [3.8, 4) is 17.2 Å². The van der Waals surface area contributed by atoms with E-state index in [1.165, 1.54) is 0 Å². The van der Waals surface area contributed by atoms with Crippen LogP contribution in [0.15, 0.2) is 47.4 Å². The van der Waals surface area contributed by atoms with Crippen molar-refractivity contribution in [2.45, 2.75) is 11.8 Å². The second-order valence-corrected chi connectivity index (χ2v) is 6.84. The van der Waals surface area contributed by atoms with E-state index in [4.69, 9.17) is 14.2 Å². The van der Waals surface area contributed by atoms with Gasteiger partial charge in [-0.1, -0.05) is 17.7 Å². The number of hydrogen-bond acceptors (Lipinski definition) is 5. The third-order valence-corrected chi connectivity index (χ3v) is 4.82. The summed E-state index contributed by atoms with van der Waals surface area (Å²) in [5, 5.41) is 0. The van der Waals surface area contributed by atoms with Gasteiger partial charge >= 0.3 is 0 Å². The molecule has 2 aromatic rings. The first-order valence-corrected chi connectivity index (χ1v) is 8.62. The summed E-state index contributed by atoms with van der Waals surface area (Å²) in [6.07, 6.45) is 0. The van der Waals surface area contributed by atoms with Gasteiger partial charge in [-0.2, -0.15) is 0 Å². The quantitative estimate of drug-likeness (QED) is 0.818. The molecule has 0 saturated heterocycles. The average molecular weight is 335 g/mol. The fourth-order valence-corrected chi connectivity index (χ4v) is 3.13. The van der Waals surface area contributed by atoms with E-state index in [0.717, 1.165) is 5.56 Å². The minimum atomic E-state index is -3.52. The number of nitrogens with one attached hydrogen (secondary N) is 1. The van der Waals surface area contributed by atoms with Crippen molar-refractivity contribution >= 4 is 10.0 Å². The van der Waals surface area contributed by atoms with Gasteiger partial charge < -0.3 is 14.2 Å². The normalized spacial score (nSPS) is 13.1. The molecule has 0 aromatic heterocycles. The summed E-state index contributed by atoms with van der Waals surface area (Å²) < 4.78 is 42.7. The molecule has 1 aliphatic heterocycles. The first-order valence-electron chi connectivity index (χ1n) is 7.13. The third kappa shape index (κ3) is 3.75. The topological polar surface area (TPSA) is 73.9 Å². The molecule has 2 aromatic carbocycles. The lowest BCUT2D eigenvalue weighted by atomic mass is 10.2. The molecule has 7 heteroatoms. The fraction of sp³-hybridized carbons (Fsp3) is 0.250. The Labute approximate surface area is 135 Å². The summed E-state index contributed by atoms with van der Waals surface area (Å²) in [5.74, 6) is 1.91. The van der Waals surface area contributed by atoms with E-state index in [1.807, 2.05) is 6.92 Å². The number of fused-ring (bicyclic) bond motifs is 1. The average Bonchev–Trinajstić information content (AvgIpc) is 3.00. The third-order valence-electron chi connectivity index (χ3n) is 3.34. The van der Waals surface area contributed by atoms with Gasteiger partial charge in [-0.05, 0) is 31.2 Å². The van der Waals surface area contributed by atoms with Gasteiger partial charge in [0.25, 0.3) is 0 Å². The van der Waals surface area contributed by atoms with E-state index in [2.05, 4.69) is 4.72 Å². The Morgan fingerprint density at radius 2 is 1.83 bits per heavy atom. The van der Waals surface area contributed by atoms with Crippen molar-refractivity contribution in [3.63, 3.8) is 0 Å². The van der Waals surface area contributed by atoms with E-state index in [0.29, 0.717) is 17.2 Å². The molecule has 0 saturated carbocycles. The van der Waals surface area contributed by atoms with Gasteiger partial charge in [0, 0.05) is 12.6 Å². The van der Waals surface area contributed by atoms with E-state index >= 15 is 0 Å². The number of rotatable bonds is 6. The summed E-state index contributed by atoms with van der Waals surface area (Å²) in [7, 11) is -3.52. The Bertz CT molecular complexity index is 787. The highest BCUT2D eigenvalue weighted by Crippen LogP contribution is 2.34. The molecule has 0 fully saturated rings. The van der Waals surface area contributed by atoms with E-state index in [1.54, 1.807) is 42.5 Å². The van der Waals surface area contributed by atoms with Crippen LogP contribution in [0.4, 0.5) is 0 Å². The molecule has 0 bridgehead atoms. The summed E-state index contributed by atoms with van der Waals surface area (Å²) in [5.41, 5.74) is 1.01. The molecular formula is C16H17NO5S. The van der Waals surface area contributed by atoms with Crippen LogP contribution in [0.5, 0.6) is 17.2 Å². The maximum Gasteiger partial charge on any atom is 0.240 e. The molecule has 0 aliphatic carbocycles. The first-order chi connectivity index (χ1) is 11.0. The first kappa shape index (κ1) is 15.6. The Morgan fingerprint density at radius 3 is 2.61 bits per heavy atom. The minimum Gasteiger partial charge on any atom is -0.492 e. The second-order valence-electron chi connectivity index (χ2n) is 5.07. The molecule has 0 radical (unpaired) electrons. The van der Waals surface area contributed by atoms with Gasteiger partial charge in [-0.15, -0.1) is 0 Å². The highest BCUT2D eigenvalue weighted by molar-refractivity contribution is 7.89. The summed E-state index contributed by atoms with van der Waals surface area (Å²) in [6, 6.07) is 11.9. The summed E-state index contributed by atoms with van der Waals surface area (Å²) in [4.78, 5) is 0.242. The molecule has 0 spiro atoms. The van der Waals surface area contributed by atoms with Crippen LogP contribution in [0, 0.1) is 6.92 Å². The van der Waals surface area contributed by atoms with Crippen LogP contribution in [-0.4, -0.2) is 28.4 Å². The lowest BCUT2D eigenvalue weighted by molar-refractivity contribution is 0.173. The highest BCUT2D eigenvalue weighted by atomic mass is 32.2. The van der Waals surface area contributed by atoms with Crippen LogP contribution in [0.3, 0.4) is 0 Å². The predicted molar refractivity (Wildman–Crippen MR) is 84.4 cm³/mol. The van der Waals surface area contributed by atoms with Gasteiger partial charge in [0.05, 0.1) is 4.90 Å². The van der Waals surface area contributed by atoms with E-state index in [9.17, 15) is 8.42 Å². The molecule has 6 nitrogen and oxygen atoms in total. The van der Waals surface area contributed by atoms with Gasteiger partial charge in [-0.25, -0.2) is 13.1 Å². The minimum absolute atomic E-state index is 0.171. The monoisotopic (exact) mass is 335 g/mol. The van der Waals surface area contributed by atoms with Crippen LogP contribution in [0.25, 0.3) is 0 Å². The van der Waals surface area contributed by atoms with Crippen LogP contribution in [0.2, 0.25) is 0 Å². The largest absolute Gasteiger partial charge is 0.492 e. The zero-order chi connectivity index (χ0) is 16.3. The number of sulfonamides is 1. The highest BCUT2D eigenvalue weighted by Gasteiger charge is 2.15. The van der Waals surface area contributed by atoms with Crippen molar-refractivity contribution in [1.82, 2.24) is 4.72 Å². The predicted octanol–water partition coefficient (Wildman–Crippen LogP) is 2.08. The lowest BCUT2D eigenvalue weighted by Gasteiger charge is -2.09. The molecular weight excluding hydrogens is 318 g/mol. The van der Waals surface area contributed by atoms with Crippen LogP contribution >= 0.6 is 0 Å². The van der Waals surface area contributed by atoms with Crippen LogP contribution in [0.1, 0.15) is 5.56 Å². The maximum atomic E-state index is 12.1. The van der Waals surface area contributed by atoms with Gasteiger partial charge in [-0.3, -0.25) is 0 Å². The molecule has 0 amide bonds. The molecule has 3 rings (SSSR count). The zero-order valence-electron chi connectivity index (χ0n) is 12.6. The molecule has 1 aliphatic rings. The second kappa shape index (κ2) is 6.47. The SMILES string of the molecule is Cc1ccc(S(=O)(=O)NCCOc2ccc3c(c2)OCO3)cc1. The van der Waals surface area contributed by atoms with Gasteiger partial charge in [0.1, 0.15) is 12.4 Å². The smallest absolute Gasteiger partial charge is 0.240 e. The molecule has 23 heavy (non-hydrogen) atoms. The Morgan fingerprint density at radius 1 is 1.09 bits per heavy atom. The number of aryl methyl sites for hydroxylation is 1. The van der Waals surface area contributed by atoms with Gasteiger partial charge in [0.15, 0.2) is 11.5 Å². The molecule has 0 unspecified atom stereocenters. The number of benzene rings is 2. The molecule has 1 N–H and O–H groups in total. The molecule has 1 heterocycles. The van der Waals surface area contributed by atoms with Gasteiger partial charge in [0.2, 0.25) is 16.8 Å². The summed E-state index contributed by atoms with van der Waals surface area (Å²) >= 11 is 0. The Kier molecular flexibility index (Phi) is 4.40. The lowest BCUT2D eigenvalue weighted by Crippen LogP contribution is -2.28. The Balaban J connectivity index is 1.52. The molecule has 0 atom stereocenters. The van der Waals surface area contributed by atoms with Crippen molar-refractivity contribution in [3.05, 3.63) is 48.0 Å². The maximum absolute atomic E-state index is 12.1. The standard InChI is InChI=1S/C16H17NO5S/c1-12-2-5-14(6-3-12)23(18,19)17-8-9-20-13-4-7-15-16(10-13)22-11-21-15/h2-7,10,17H,8-9,11H2,1H3. The van der Waals surface area contributed by atoms with Crippen molar-refractivity contribution in [2.24, 2.45) is 0 Å². The Hall–Kier alpha value is -2.25. The van der Waals surface area contributed by atoms with Crippen molar-refractivity contribution in [2.75, 3.05) is 19.9 Å².